The molecule has 0 radical (unpaired) electrons. The number of aromatic amines is 1. The van der Waals surface area contributed by atoms with Gasteiger partial charge in [-0.15, -0.1) is 0 Å². The predicted molar refractivity (Wildman–Crippen MR) is 166 cm³/mol. The summed E-state index contributed by atoms with van der Waals surface area (Å²) in [6, 6.07) is 36.4. The molecule has 0 saturated carbocycles. The van der Waals surface area contributed by atoms with Gasteiger partial charge in [0.05, 0.1) is 6.20 Å². The van der Waals surface area contributed by atoms with E-state index < -0.39 is 0 Å². The molecule has 40 heavy (non-hydrogen) atoms. The van der Waals surface area contributed by atoms with Gasteiger partial charge in [0.25, 0.3) is 0 Å². The molecule has 2 atom stereocenters. The molecule has 0 aliphatic heterocycles. The van der Waals surface area contributed by atoms with Crippen molar-refractivity contribution in [3.05, 3.63) is 137 Å². The van der Waals surface area contributed by atoms with Gasteiger partial charge in [-0.2, -0.15) is 5.10 Å². The lowest BCUT2D eigenvalue weighted by atomic mass is 10.0. The molecule has 5 rings (SSSR count). The van der Waals surface area contributed by atoms with E-state index in [1.54, 1.807) is 0 Å². The van der Waals surface area contributed by atoms with E-state index in [9.17, 15) is 0 Å². The third-order valence-corrected chi connectivity index (χ3v) is 6.71. The van der Waals surface area contributed by atoms with Gasteiger partial charge in [0, 0.05) is 29.3 Å². The Labute approximate surface area is 244 Å². The smallest absolute Gasteiger partial charge is 0.136 e. The fraction of sp³-hybridized carbons (Fsp3) is 0.182. The van der Waals surface area contributed by atoms with Gasteiger partial charge in [-0.25, -0.2) is 0 Å². The van der Waals surface area contributed by atoms with Crippen LogP contribution in [0.4, 0.5) is 0 Å². The molecular formula is C33H35BrN4O2. The molecule has 3 N–H and O–H groups in total. The largest absolute Gasteiger partial charge is 0.484 e. The van der Waals surface area contributed by atoms with Crippen LogP contribution in [0.2, 0.25) is 0 Å². The molecule has 0 amide bonds. The summed E-state index contributed by atoms with van der Waals surface area (Å²) >= 11 is 3.44. The van der Waals surface area contributed by atoms with Crippen LogP contribution in [-0.2, 0) is 0 Å². The molecule has 0 spiro atoms. The number of hydrogen-bond donors (Lipinski definition) is 3. The van der Waals surface area contributed by atoms with E-state index in [1.165, 1.54) is 0 Å². The fourth-order valence-electron chi connectivity index (χ4n) is 4.13. The maximum absolute atomic E-state index is 6.09. The number of ether oxygens (including phenoxy) is 2. The fourth-order valence-corrected chi connectivity index (χ4v) is 4.39. The monoisotopic (exact) mass is 598 g/mol. The van der Waals surface area contributed by atoms with Crippen LogP contribution in [0.5, 0.6) is 11.5 Å². The van der Waals surface area contributed by atoms with Crippen LogP contribution in [0.1, 0.15) is 23.3 Å². The Kier molecular flexibility index (Phi) is 11.4. The second kappa shape index (κ2) is 15.6. The summed E-state index contributed by atoms with van der Waals surface area (Å²) in [5, 5.41) is 13.2. The van der Waals surface area contributed by atoms with Gasteiger partial charge >= 0.3 is 0 Å². The average Bonchev–Trinajstić information content (AvgIpc) is 3.54. The highest BCUT2D eigenvalue weighted by molar-refractivity contribution is 9.10. The summed E-state index contributed by atoms with van der Waals surface area (Å²) in [4.78, 5) is 0. The molecule has 7 heteroatoms. The van der Waals surface area contributed by atoms with Crippen LogP contribution < -0.4 is 20.1 Å². The summed E-state index contributed by atoms with van der Waals surface area (Å²) in [5.41, 5.74) is 4.53. The number of halogens is 1. The lowest BCUT2D eigenvalue weighted by molar-refractivity contribution is 0.205. The van der Waals surface area contributed by atoms with Crippen molar-refractivity contribution in [1.29, 1.82) is 0 Å². The number of nitrogens with one attached hydrogen (secondary N) is 3. The van der Waals surface area contributed by atoms with Gasteiger partial charge in [0.15, 0.2) is 0 Å². The van der Waals surface area contributed by atoms with Gasteiger partial charge in [0.2, 0.25) is 0 Å². The standard InChI is InChI=1S/C18H19N3O.C15H16BrNO/c1-19-13-18(22-17-5-3-2-4-6-17)15-9-7-14(8-10-15)16-11-20-21-12-16;1-17-11-15(12-7-9-13(16)10-8-12)18-14-5-3-2-4-6-14/h2-12,18-19H,13H2,1H3,(H,20,21);2-10,15,17H,11H2,1H3. The average molecular weight is 600 g/mol. The van der Waals surface area contributed by atoms with Crippen molar-refractivity contribution in [1.82, 2.24) is 20.8 Å². The molecular weight excluding hydrogens is 564 g/mol. The highest BCUT2D eigenvalue weighted by Crippen LogP contribution is 2.25. The first-order chi connectivity index (χ1) is 19.7. The van der Waals surface area contributed by atoms with E-state index >= 15 is 0 Å². The number of benzene rings is 4. The van der Waals surface area contributed by atoms with Gasteiger partial charge in [-0.05, 0) is 67.2 Å². The SMILES string of the molecule is CNCC(Oc1ccccc1)c1ccc(-c2cn[nH]c2)cc1.CNCC(Oc1ccccc1)c1ccc(Br)cc1. The van der Waals surface area contributed by atoms with E-state index in [-0.39, 0.29) is 12.2 Å². The Morgan fingerprint density at radius 1 is 0.650 bits per heavy atom. The van der Waals surface area contributed by atoms with Gasteiger partial charge in [-0.1, -0.05) is 88.7 Å². The summed E-state index contributed by atoms with van der Waals surface area (Å²) in [6.07, 6.45) is 3.71. The highest BCUT2D eigenvalue weighted by Gasteiger charge is 2.13. The first-order valence-electron chi connectivity index (χ1n) is 13.2. The van der Waals surface area contributed by atoms with E-state index in [1.807, 2.05) is 99.3 Å². The van der Waals surface area contributed by atoms with Crippen molar-refractivity contribution in [2.24, 2.45) is 0 Å². The van der Waals surface area contributed by atoms with Crippen LogP contribution in [0.15, 0.2) is 126 Å². The van der Waals surface area contributed by atoms with Crippen molar-refractivity contribution in [3.8, 4) is 22.6 Å². The van der Waals surface area contributed by atoms with Crippen LogP contribution >= 0.6 is 15.9 Å². The number of rotatable bonds is 11. The minimum absolute atomic E-state index is 0.0190. The molecule has 0 saturated heterocycles. The number of H-pyrrole nitrogens is 1. The van der Waals surface area contributed by atoms with Crippen LogP contribution in [0, 0.1) is 0 Å². The third-order valence-electron chi connectivity index (χ3n) is 6.18. The quantitative estimate of drug-likeness (QED) is 0.150. The highest BCUT2D eigenvalue weighted by atomic mass is 79.9. The van der Waals surface area contributed by atoms with Crippen molar-refractivity contribution in [2.45, 2.75) is 12.2 Å². The number of likely N-dealkylation sites (N-methyl/N-ethyl adjacent to an activating group) is 2. The normalized spacial score (nSPS) is 12.1. The minimum Gasteiger partial charge on any atom is -0.484 e. The number of para-hydroxylation sites is 2. The Morgan fingerprint density at radius 3 is 1.55 bits per heavy atom. The molecule has 4 aromatic carbocycles. The molecule has 0 aliphatic carbocycles. The van der Waals surface area contributed by atoms with Crippen LogP contribution in [0.3, 0.4) is 0 Å². The second-order valence-corrected chi connectivity index (χ2v) is 10.0. The summed E-state index contributed by atoms with van der Waals surface area (Å²) < 4.78 is 13.2. The second-order valence-electron chi connectivity index (χ2n) is 9.11. The minimum atomic E-state index is -0.0224. The number of aromatic nitrogens is 2. The molecule has 1 aromatic heterocycles. The van der Waals surface area contributed by atoms with Crippen LogP contribution in [-0.4, -0.2) is 37.4 Å². The topological polar surface area (TPSA) is 71.2 Å². The molecule has 206 valence electrons. The van der Waals surface area contributed by atoms with Gasteiger partial charge < -0.3 is 20.1 Å². The first-order valence-corrected chi connectivity index (χ1v) is 14.0. The zero-order chi connectivity index (χ0) is 28.0. The van der Waals surface area contributed by atoms with E-state index in [0.29, 0.717) is 0 Å². The summed E-state index contributed by atoms with van der Waals surface area (Å²) in [5.74, 6) is 1.77. The lowest BCUT2D eigenvalue weighted by Crippen LogP contribution is -2.21. The zero-order valence-corrected chi connectivity index (χ0v) is 24.3. The molecule has 0 aliphatic rings. The first kappa shape index (κ1) is 29.1. The lowest BCUT2D eigenvalue weighted by Gasteiger charge is -2.19. The van der Waals surface area contributed by atoms with Crippen molar-refractivity contribution >= 4 is 15.9 Å². The van der Waals surface area contributed by atoms with Gasteiger partial charge in [-0.3, -0.25) is 5.10 Å². The van der Waals surface area contributed by atoms with Crippen LogP contribution in [0.25, 0.3) is 11.1 Å². The van der Waals surface area contributed by atoms with E-state index in [4.69, 9.17) is 9.47 Å². The molecule has 0 bridgehead atoms. The molecule has 6 nitrogen and oxygen atoms in total. The molecule has 1 heterocycles. The summed E-state index contributed by atoms with van der Waals surface area (Å²) in [6.45, 7) is 1.52. The van der Waals surface area contributed by atoms with Gasteiger partial charge in [0.1, 0.15) is 23.7 Å². The Bertz CT molecular complexity index is 1360. The number of hydrogen-bond acceptors (Lipinski definition) is 5. The van der Waals surface area contributed by atoms with Crippen molar-refractivity contribution in [2.75, 3.05) is 27.2 Å². The van der Waals surface area contributed by atoms with E-state index in [2.05, 4.69) is 73.2 Å². The van der Waals surface area contributed by atoms with Crippen molar-refractivity contribution in [3.63, 3.8) is 0 Å². The molecule has 2 unspecified atom stereocenters. The Morgan fingerprint density at radius 2 is 1.12 bits per heavy atom. The number of nitrogens with zero attached hydrogens (tertiary/aromatic N) is 1. The Hall–Kier alpha value is -3.91. The Balaban J connectivity index is 0.000000189. The third kappa shape index (κ3) is 8.81. The predicted octanol–water partition coefficient (Wildman–Crippen LogP) is 7.20. The maximum atomic E-state index is 6.09. The summed E-state index contributed by atoms with van der Waals surface area (Å²) in [7, 11) is 3.86. The molecule has 5 aromatic rings. The molecule has 0 fully saturated rings. The van der Waals surface area contributed by atoms with E-state index in [0.717, 1.165) is 51.3 Å². The zero-order valence-electron chi connectivity index (χ0n) is 22.8. The van der Waals surface area contributed by atoms with Crippen molar-refractivity contribution < 1.29 is 9.47 Å². The maximum Gasteiger partial charge on any atom is 0.136 e.